The summed E-state index contributed by atoms with van der Waals surface area (Å²) in [6.07, 6.45) is 6.88. The van der Waals surface area contributed by atoms with Crippen LogP contribution in [0.15, 0.2) is 54.6 Å². The van der Waals surface area contributed by atoms with E-state index in [4.69, 9.17) is 42.6 Å². The monoisotopic (exact) mass is 1060 g/mol. The van der Waals surface area contributed by atoms with Gasteiger partial charge in [0, 0.05) is 42.4 Å². The molecule has 73 heavy (non-hydrogen) atoms. The van der Waals surface area contributed by atoms with Crippen molar-refractivity contribution in [3.05, 3.63) is 88.0 Å². The van der Waals surface area contributed by atoms with E-state index >= 15 is 0 Å². The van der Waals surface area contributed by atoms with Crippen LogP contribution in [0, 0.1) is 5.41 Å². The highest BCUT2D eigenvalue weighted by molar-refractivity contribution is 5.74. The van der Waals surface area contributed by atoms with Gasteiger partial charge in [-0.2, -0.15) is 0 Å². The van der Waals surface area contributed by atoms with Crippen molar-refractivity contribution in [1.29, 1.82) is 0 Å². The van der Waals surface area contributed by atoms with Crippen LogP contribution in [0.3, 0.4) is 0 Å². The van der Waals surface area contributed by atoms with Gasteiger partial charge in [0.15, 0.2) is 46.0 Å². The van der Waals surface area contributed by atoms with E-state index in [1.54, 1.807) is 64.0 Å². The van der Waals surface area contributed by atoms with Gasteiger partial charge in [0.05, 0.1) is 110 Å². The number of carboxylic acid groups (broad SMARTS) is 2. The third-order valence-corrected chi connectivity index (χ3v) is 15.6. The number of likely N-dealkylation sites (N-methyl/N-ethyl adjacent to an activating group) is 2. The first-order chi connectivity index (χ1) is 34.1. The SMILES string of the molecule is COc1ccc(C[C@@H]2c3cc(OC)c(OC)cc3CC[N@+]2(C)CCCC(CCCCCC(=O)O)(CCC[N@@+]2(C)CCc3cc(OC)c(OC)cc3[C@@H]2c2cc(OC)c(OC)c(OC)c2)C(=O)O)cc1OC.[Cl-].[Cl-]. The number of ether oxygens (including phenoxy) is 9. The molecule has 0 saturated carbocycles. The van der Waals surface area contributed by atoms with Gasteiger partial charge in [0.25, 0.3) is 0 Å². The topological polar surface area (TPSA) is 158 Å². The Morgan fingerprint density at radius 3 is 1.51 bits per heavy atom. The molecule has 4 aromatic rings. The molecule has 1 unspecified atom stereocenters. The number of carboxylic acids is 2. The summed E-state index contributed by atoms with van der Waals surface area (Å²) in [7, 11) is 19.3. The van der Waals surface area contributed by atoms with Gasteiger partial charge in [-0.05, 0) is 104 Å². The molecule has 0 amide bonds. The van der Waals surface area contributed by atoms with Crippen molar-refractivity contribution in [2.75, 3.05) is 104 Å². The molecule has 2 N–H and O–H groups in total. The Morgan fingerprint density at radius 1 is 0.534 bits per heavy atom. The Hall–Kier alpha value is -5.48. The van der Waals surface area contributed by atoms with Crippen LogP contribution in [0.1, 0.15) is 103 Å². The fraction of sp³-hybridized carbons (Fsp3) is 0.536. The molecular formula is C56H78Cl2N2O13. The van der Waals surface area contributed by atoms with Gasteiger partial charge < -0.3 is 86.6 Å². The highest BCUT2D eigenvalue weighted by Crippen LogP contribution is 2.50. The molecular weight excluding hydrogens is 980 g/mol. The van der Waals surface area contributed by atoms with Gasteiger partial charge in [-0.3, -0.25) is 9.59 Å². The van der Waals surface area contributed by atoms with Crippen LogP contribution < -0.4 is 67.4 Å². The maximum absolute atomic E-state index is 14.0. The van der Waals surface area contributed by atoms with Crippen LogP contribution in [0.25, 0.3) is 0 Å². The smallest absolute Gasteiger partial charge is 0.309 e. The van der Waals surface area contributed by atoms with Gasteiger partial charge in [0.1, 0.15) is 12.1 Å². The molecule has 0 aliphatic carbocycles. The van der Waals surface area contributed by atoms with Gasteiger partial charge >= 0.3 is 11.9 Å². The van der Waals surface area contributed by atoms with E-state index in [2.05, 4.69) is 44.4 Å². The second-order valence-electron chi connectivity index (χ2n) is 19.7. The molecule has 15 nitrogen and oxygen atoms in total. The zero-order chi connectivity index (χ0) is 51.5. The summed E-state index contributed by atoms with van der Waals surface area (Å²) in [5, 5.41) is 20.9. The second-order valence-corrected chi connectivity index (χ2v) is 19.7. The largest absolute Gasteiger partial charge is 1.00 e. The van der Waals surface area contributed by atoms with Crippen molar-refractivity contribution in [1.82, 2.24) is 0 Å². The van der Waals surface area contributed by atoms with Crippen molar-refractivity contribution in [3.8, 4) is 51.7 Å². The molecule has 17 heteroatoms. The quantitative estimate of drug-likeness (QED) is 0.0662. The number of unbranched alkanes of at least 4 members (excludes halogenated alkanes) is 2. The van der Waals surface area contributed by atoms with E-state index in [0.717, 1.165) is 54.7 Å². The van der Waals surface area contributed by atoms with Crippen molar-refractivity contribution >= 4 is 11.9 Å². The fourth-order valence-corrected chi connectivity index (χ4v) is 11.6. The number of halogens is 2. The number of rotatable bonds is 27. The Bertz CT molecular complexity index is 2470. The first kappa shape index (κ1) is 60.1. The van der Waals surface area contributed by atoms with Crippen LogP contribution in [-0.2, 0) is 28.9 Å². The van der Waals surface area contributed by atoms with E-state index in [0.29, 0.717) is 125 Å². The number of hydrogen-bond acceptors (Lipinski definition) is 11. The Morgan fingerprint density at radius 2 is 1.00 bits per heavy atom. The maximum Gasteiger partial charge on any atom is 0.309 e. The minimum atomic E-state index is -1.03. The zero-order valence-electron chi connectivity index (χ0n) is 44.7. The molecule has 404 valence electrons. The lowest BCUT2D eigenvalue weighted by molar-refractivity contribution is -0.941. The number of carbonyl (C=O) groups is 2. The summed E-state index contributed by atoms with van der Waals surface area (Å²) in [5.41, 5.74) is 5.68. The molecule has 5 atom stereocenters. The van der Waals surface area contributed by atoms with Crippen molar-refractivity contribution in [2.45, 2.75) is 89.1 Å². The minimum absolute atomic E-state index is 0. The minimum Gasteiger partial charge on any atom is -1.00 e. The average molecular weight is 1060 g/mol. The second kappa shape index (κ2) is 26.6. The van der Waals surface area contributed by atoms with Crippen LogP contribution in [0.2, 0.25) is 0 Å². The lowest BCUT2D eigenvalue weighted by Crippen LogP contribution is -3.00. The maximum atomic E-state index is 14.0. The van der Waals surface area contributed by atoms with Crippen molar-refractivity contribution in [2.24, 2.45) is 5.41 Å². The molecule has 0 saturated heterocycles. The predicted octanol–water partition coefficient (Wildman–Crippen LogP) is 3.52. The molecule has 2 heterocycles. The van der Waals surface area contributed by atoms with Crippen LogP contribution in [0.4, 0.5) is 0 Å². The summed E-state index contributed by atoms with van der Waals surface area (Å²) in [6.45, 7) is 3.08. The molecule has 6 rings (SSSR count). The number of fused-ring (bicyclic) bond motifs is 2. The number of benzene rings is 4. The summed E-state index contributed by atoms with van der Waals surface area (Å²) < 4.78 is 53.3. The lowest BCUT2D eigenvalue weighted by atomic mass is 9.74. The number of nitrogens with zero attached hydrogens (tertiary/aromatic N) is 2. The third-order valence-electron chi connectivity index (χ3n) is 15.6. The lowest BCUT2D eigenvalue weighted by Gasteiger charge is -2.47. The number of hydrogen-bond donors (Lipinski definition) is 2. The Labute approximate surface area is 444 Å². The standard InChI is InChI=1S/C56H76N2O13.2ClH/c1-57(27-20-38-31-46(65-5)48(67-7)35-41(38)43(57)29-37-18-19-44(63-3)45(30-37)64-4)25-15-23-56(55(61)62,22-14-12-13-17-52(59)60)24-16-26-58(2)28-21-39-32-47(66-6)49(68-8)36-42(39)53(58)40-33-50(69-9)54(71-11)51(34-40)70-10;;/h18-19,30-36,43,53H,12-17,20-29H2,1-11H3;2*1H/t43-,53+,56?,57+,58+;;/m1../s1. The molecule has 0 fully saturated rings. The van der Waals surface area contributed by atoms with E-state index in [1.807, 2.05) is 24.3 Å². The van der Waals surface area contributed by atoms with Gasteiger partial charge in [0.2, 0.25) is 5.75 Å². The van der Waals surface area contributed by atoms with E-state index in [-0.39, 0.29) is 43.3 Å². The van der Waals surface area contributed by atoms with Crippen LogP contribution in [0.5, 0.6) is 51.7 Å². The average Bonchev–Trinajstić information content (AvgIpc) is 3.37. The summed E-state index contributed by atoms with van der Waals surface area (Å²) >= 11 is 0. The first-order valence-corrected chi connectivity index (χ1v) is 24.7. The van der Waals surface area contributed by atoms with E-state index in [1.165, 1.54) is 11.1 Å². The zero-order valence-corrected chi connectivity index (χ0v) is 46.2. The fourth-order valence-electron chi connectivity index (χ4n) is 11.6. The number of aliphatic carboxylic acids is 2. The molecule has 0 radical (unpaired) electrons. The van der Waals surface area contributed by atoms with Crippen LogP contribution >= 0.6 is 0 Å². The van der Waals surface area contributed by atoms with Crippen molar-refractivity contribution in [3.63, 3.8) is 0 Å². The predicted molar refractivity (Wildman–Crippen MR) is 272 cm³/mol. The first-order valence-electron chi connectivity index (χ1n) is 24.7. The highest BCUT2D eigenvalue weighted by atomic mass is 35.5. The molecule has 0 spiro atoms. The van der Waals surface area contributed by atoms with Gasteiger partial charge in [-0.15, -0.1) is 0 Å². The summed E-state index contributed by atoms with van der Waals surface area (Å²) in [5.74, 6) is 3.94. The normalized spacial score (nSPS) is 19.5. The third kappa shape index (κ3) is 13.3. The summed E-state index contributed by atoms with van der Waals surface area (Å²) in [6, 6.07) is 18.3. The summed E-state index contributed by atoms with van der Waals surface area (Å²) in [4.78, 5) is 25.5. The van der Waals surface area contributed by atoms with Gasteiger partial charge in [-0.25, -0.2) is 0 Å². The highest BCUT2D eigenvalue weighted by Gasteiger charge is 2.45. The molecule has 2 aliphatic heterocycles. The molecule has 2 aliphatic rings. The van der Waals surface area contributed by atoms with Crippen molar-refractivity contribution < 1.29 is 96.2 Å². The number of methoxy groups -OCH3 is 9. The Kier molecular flexibility index (Phi) is 21.9. The van der Waals surface area contributed by atoms with Crippen LogP contribution in [-0.4, -0.2) is 135 Å². The Balaban J connectivity index is 0.00000578. The molecule has 0 aromatic heterocycles. The van der Waals surface area contributed by atoms with E-state index in [9.17, 15) is 19.8 Å². The molecule has 4 aromatic carbocycles. The van der Waals surface area contributed by atoms with E-state index < -0.39 is 17.4 Å². The number of quaternary nitrogens is 2. The molecule has 0 bridgehead atoms. The van der Waals surface area contributed by atoms with Gasteiger partial charge in [-0.1, -0.05) is 18.9 Å².